The van der Waals surface area contributed by atoms with Crippen molar-refractivity contribution in [3.63, 3.8) is 0 Å². The molecular weight excluding hydrogens is 661 g/mol. The summed E-state index contributed by atoms with van der Waals surface area (Å²) in [7, 11) is 3.40. The lowest BCUT2D eigenvalue weighted by molar-refractivity contribution is -0.128. The Bertz CT molecular complexity index is 1590. The molecule has 8 nitrogen and oxygen atoms in total. The van der Waals surface area contributed by atoms with E-state index in [0.717, 1.165) is 94.5 Å². The number of amides is 2. The minimum atomic E-state index is 0.0547. The lowest BCUT2D eigenvalue weighted by atomic mass is 9.86. The van der Waals surface area contributed by atoms with Gasteiger partial charge in [0.1, 0.15) is 11.5 Å². The van der Waals surface area contributed by atoms with Crippen LogP contribution in [0, 0.1) is 0 Å². The van der Waals surface area contributed by atoms with Crippen molar-refractivity contribution in [3.8, 4) is 11.5 Å². The molecule has 0 bridgehead atoms. The molecule has 0 N–H and O–H groups in total. The first-order valence-corrected chi connectivity index (χ1v) is 19.6. The van der Waals surface area contributed by atoms with Crippen molar-refractivity contribution in [1.82, 2.24) is 19.6 Å². The van der Waals surface area contributed by atoms with Crippen molar-refractivity contribution in [2.75, 3.05) is 79.7 Å². The van der Waals surface area contributed by atoms with E-state index in [9.17, 15) is 9.59 Å². The fourth-order valence-electron chi connectivity index (χ4n) is 6.87. The highest BCUT2D eigenvalue weighted by Crippen LogP contribution is 2.30. The van der Waals surface area contributed by atoms with Gasteiger partial charge in [0, 0.05) is 75.6 Å². The van der Waals surface area contributed by atoms with Crippen LogP contribution in [-0.2, 0) is 15.0 Å². The number of hydrogen-bond donors (Lipinski definition) is 0. The van der Waals surface area contributed by atoms with E-state index in [1.54, 1.807) is 26.4 Å². The van der Waals surface area contributed by atoms with Gasteiger partial charge < -0.3 is 19.3 Å². The highest BCUT2D eigenvalue weighted by molar-refractivity contribution is 5.88. The minimum Gasteiger partial charge on any atom is -0.496 e. The second kappa shape index (κ2) is 20.9. The van der Waals surface area contributed by atoms with Crippen LogP contribution in [0.4, 0.5) is 0 Å². The first-order chi connectivity index (χ1) is 25.5. The fraction of sp³-hybridized carbons (Fsp3) is 0.511. The third-order valence-corrected chi connectivity index (χ3v) is 10.5. The highest BCUT2D eigenvalue weighted by atomic mass is 16.5. The van der Waals surface area contributed by atoms with Gasteiger partial charge in [-0.1, -0.05) is 108 Å². The summed E-state index contributed by atoms with van der Waals surface area (Å²) in [5, 5.41) is 0. The van der Waals surface area contributed by atoms with Crippen molar-refractivity contribution in [3.05, 3.63) is 95.1 Å². The van der Waals surface area contributed by atoms with E-state index in [2.05, 4.69) is 80.8 Å². The quantitative estimate of drug-likeness (QED) is 0.130. The summed E-state index contributed by atoms with van der Waals surface area (Å²) >= 11 is 0. The maximum absolute atomic E-state index is 12.8. The molecule has 2 fully saturated rings. The number of piperazine rings is 2. The average molecular weight is 725 g/mol. The maximum atomic E-state index is 12.8. The lowest BCUT2D eigenvalue weighted by Crippen LogP contribution is -2.50. The topological polar surface area (TPSA) is 65.6 Å². The van der Waals surface area contributed by atoms with Crippen molar-refractivity contribution in [1.29, 1.82) is 0 Å². The number of benzene rings is 2. The standard InChI is InChI=1S/C45H64N4O4/c1-8-9-15-36(2)39-21-20-37(41(34-39)52-6)16-10-12-18-43(50)48-30-26-46(27-31-48)24-14-25-47-28-32-49(33-29-47)44(51)19-13-11-17-38-22-23-40(45(3,4)5)35-42(38)53-7/h10-13,16-23,34-36H,8-9,14-15,24-33H2,1-7H3/b16-10+,17-11+,18-12+,19-13+. The lowest BCUT2D eigenvalue weighted by Gasteiger charge is -2.36. The van der Waals surface area contributed by atoms with Crippen LogP contribution in [0.25, 0.3) is 12.2 Å². The molecule has 2 aromatic carbocycles. The molecule has 1 atom stereocenters. The van der Waals surface area contributed by atoms with E-state index in [4.69, 9.17) is 9.47 Å². The largest absolute Gasteiger partial charge is 0.496 e. The van der Waals surface area contributed by atoms with Crippen LogP contribution >= 0.6 is 0 Å². The van der Waals surface area contributed by atoms with Crippen LogP contribution in [0.5, 0.6) is 11.5 Å². The predicted molar refractivity (Wildman–Crippen MR) is 220 cm³/mol. The van der Waals surface area contributed by atoms with E-state index in [1.165, 1.54) is 30.4 Å². The molecule has 0 radical (unpaired) electrons. The molecule has 2 aliphatic rings. The van der Waals surface area contributed by atoms with E-state index in [1.807, 2.05) is 46.3 Å². The van der Waals surface area contributed by atoms with Crippen LogP contribution in [0.15, 0.2) is 72.9 Å². The van der Waals surface area contributed by atoms with Gasteiger partial charge in [0.15, 0.2) is 0 Å². The van der Waals surface area contributed by atoms with Crippen molar-refractivity contribution >= 4 is 24.0 Å². The Morgan fingerprint density at radius 3 is 1.66 bits per heavy atom. The number of unbranched alkanes of at least 4 members (excludes halogenated alkanes) is 1. The first kappa shape index (κ1) is 41.6. The first-order valence-electron chi connectivity index (χ1n) is 19.6. The Morgan fingerprint density at radius 2 is 1.19 bits per heavy atom. The minimum absolute atomic E-state index is 0.0547. The predicted octanol–water partition coefficient (Wildman–Crippen LogP) is 7.81. The summed E-state index contributed by atoms with van der Waals surface area (Å²) < 4.78 is 11.3. The Morgan fingerprint density at radius 1 is 0.698 bits per heavy atom. The molecule has 0 spiro atoms. The Labute approximate surface area is 319 Å². The molecule has 2 aliphatic heterocycles. The Kier molecular flexibility index (Phi) is 16.4. The Hall–Kier alpha value is -4.14. The van der Waals surface area contributed by atoms with Gasteiger partial charge in [-0.05, 0) is 60.5 Å². The molecule has 2 aromatic rings. The number of allylic oxidation sites excluding steroid dienone is 4. The van der Waals surface area contributed by atoms with Gasteiger partial charge in [-0.2, -0.15) is 0 Å². The zero-order valence-electron chi connectivity index (χ0n) is 33.5. The number of carbonyl (C=O) groups is 2. The molecule has 0 saturated carbocycles. The van der Waals surface area contributed by atoms with Gasteiger partial charge in [0.25, 0.3) is 0 Å². The van der Waals surface area contributed by atoms with Gasteiger partial charge in [-0.3, -0.25) is 19.4 Å². The average Bonchev–Trinajstić information content (AvgIpc) is 3.17. The summed E-state index contributed by atoms with van der Waals surface area (Å²) in [6.45, 7) is 19.7. The summed E-state index contributed by atoms with van der Waals surface area (Å²) in [6.07, 6.45) is 19.5. The molecule has 2 heterocycles. The number of carbonyl (C=O) groups excluding carboxylic acids is 2. The van der Waals surface area contributed by atoms with Gasteiger partial charge >= 0.3 is 0 Å². The number of ether oxygens (including phenoxy) is 2. The normalized spacial score (nSPS) is 17.1. The van der Waals surface area contributed by atoms with Crippen LogP contribution in [0.1, 0.15) is 88.5 Å². The number of nitrogens with zero attached hydrogens (tertiary/aromatic N) is 4. The smallest absolute Gasteiger partial charge is 0.246 e. The summed E-state index contributed by atoms with van der Waals surface area (Å²) in [5.41, 5.74) is 4.58. The summed E-state index contributed by atoms with van der Waals surface area (Å²) in [6, 6.07) is 12.7. The second-order valence-electron chi connectivity index (χ2n) is 15.4. The Balaban J connectivity index is 1.11. The third-order valence-electron chi connectivity index (χ3n) is 10.5. The van der Waals surface area contributed by atoms with Crippen LogP contribution < -0.4 is 9.47 Å². The second-order valence-corrected chi connectivity index (χ2v) is 15.4. The molecular formula is C45H64N4O4. The van der Waals surface area contributed by atoms with E-state index in [-0.39, 0.29) is 17.2 Å². The van der Waals surface area contributed by atoms with Gasteiger partial charge in [-0.25, -0.2) is 0 Å². The maximum Gasteiger partial charge on any atom is 0.246 e. The van der Waals surface area contributed by atoms with E-state index >= 15 is 0 Å². The van der Waals surface area contributed by atoms with Gasteiger partial charge in [0.2, 0.25) is 11.8 Å². The molecule has 0 aliphatic carbocycles. The molecule has 53 heavy (non-hydrogen) atoms. The molecule has 4 rings (SSSR count). The number of hydrogen-bond acceptors (Lipinski definition) is 6. The molecule has 1 unspecified atom stereocenters. The van der Waals surface area contributed by atoms with Crippen molar-refractivity contribution in [2.45, 2.75) is 71.6 Å². The zero-order chi connectivity index (χ0) is 38.2. The van der Waals surface area contributed by atoms with Crippen molar-refractivity contribution < 1.29 is 19.1 Å². The highest BCUT2D eigenvalue weighted by Gasteiger charge is 2.22. The summed E-state index contributed by atoms with van der Waals surface area (Å²) in [4.78, 5) is 34.5. The molecule has 288 valence electrons. The molecule has 0 aromatic heterocycles. The fourth-order valence-corrected chi connectivity index (χ4v) is 6.87. The van der Waals surface area contributed by atoms with E-state index < -0.39 is 0 Å². The molecule has 2 amide bonds. The monoisotopic (exact) mass is 724 g/mol. The molecule has 2 saturated heterocycles. The zero-order valence-corrected chi connectivity index (χ0v) is 33.5. The van der Waals surface area contributed by atoms with E-state index in [0.29, 0.717) is 5.92 Å². The SMILES string of the molecule is CCCCC(C)c1ccc(/C=C/C=C/C(=O)N2CCN(CCCN3CCN(C(=O)/C=C/C=C/c4ccc(C(C)(C)C)cc4OC)CC3)CC2)c(OC)c1. The number of rotatable bonds is 16. The number of methoxy groups -OCH3 is 2. The van der Waals surface area contributed by atoms with Crippen LogP contribution in [0.2, 0.25) is 0 Å². The van der Waals surface area contributed by atoms with Crippen LogP contribution in [-0.4, -0.2) is 111 Å². The van der Waals surface area contributed by atoms with Crippen molar-refractivity contribution in [2.24, 2.45) is 0 Å². The van der Waals surface area contributed by atoms with Crippen LogP contribution in [0.3, 0.4) is 0 Å². The van der Waals surface area contributed by atoms with Gasteiger partial charge in [0.05, 0.1) is 14.2 Å². The molecule has 8 heteroatoms. The summed E-state index contributed by atoms with van der Waals surface area (Å²) in [5.74, 6) is 2.33. The van der Waals surface area contributed by atoms with Gasteiger partial charge in [-0.15, -0.1) is 0 Å². The third kappa shape index (κ3) is 13.0.